The number of aromatic nitrogens is 3. The topological polar surface area (TPSA) is 83.8 Å². The summed E-state index contributed by atoms with van der Waals surface area (Å²) in [5, 5.41) is 10.7. The molecule has 0 spiro atoms. The molecule has 0 unspecified atom stereocenters. The summed E-state index contributed by atoms with van der Waals surface area (Å²) in [7, 11) is 0. The van der Waals surface area contributed by atoms with Gasteiger partial charge in [0, 0.05) is 34.8 Å². The van der Waals surface area contributed by atoms with Crippen molar-refractivity contribution in [1.82, 2.24) is 20.5 Å². The molecule has 2 heterocycles. The molecule has 4 aromatic rings. The fourth-order valence-electron chi connectivity index (χ4n) is 3.07. The molecule has 0 aliphatic heterocycles. The number of aromatic amines is 1. The number of nitrogens with zero attached hydrogens (tertiary/aromatic N) is 2. The lowest BCUT2D eigenvalue weighted by atomic mass is 10.1. The van der Waals surface area contributed by atoms with Crippen LogP contribution >= 0.6 is 11.6 Å². The second-order valence-corrected chi connectivity index (χ2v) is 7.13. The van der Waals surface area contributed by atoms with E-state index in [1.165, 1.54) is 0 Å². The highest BCUT2D eigenvalue weighted by Gasteiger charge is 2.13. The number of rotatable bonds is 5. The number of halogens is 1. The Labute approximate surface area is 166 Å². The Morgan fingerprint density at radius 1 is 1.18 bits per heavy atom. The van der Waals surface area contributed by atoms with E-state index >= 15 is 0 Å². The van der Waals surface area contributed by atoms with Gasteiger partial charge in [0.1, 0.15) is 5.52 Å². The molecule has 0 saturated carbocycles. The zero-order valence-electron chi connectivity index (χ0n) is 15.5. The molecule has 4 rings (SSSR count). The van der Waals surface area contributed by atoms with E-state index in [4.69, 9.17) is 16.0 Å². The second kappa shape index (κ2) is 7.48. The zero-order valence-corrected chi connectivity index (χ0v) is 16.3. The highest BCUT2D eigenvalue weighted by Crippen LogP contribution is 2.20. The molecule has 0 bridgehead atoms. The Hall–Kier alpha value is -3.12. The minimum absolute atomic E-state index is 0.163. The van der Waals surface area contributed by atoms with Gasteiger partial charge in [0.05, 0.1) is 5.69 Å². The average molecular weight is 395 g/mol. The molecule has 0 atom stereocenters. The predicted molar refractivity (Wildman–Crippen MR) is 107 cm³/mol. The first-order chi connectivity index (χ1) is 13.5. The maximum Gasteiger partial charge on any atom is 0.251 e. The fraction of sp³-hybridized carbons (Fsp3) is 0.190. The van der Waals surface area contributed by atoms with Crippen LogP contribution in [0.25, 0.3) is 11.1 Å². The van der Waals surface area contributed by atoms with Crippen molar-refractivity contribution in [2.75, 3.05) is 0 Å². The molecule has 1 amide bonds. The number of hydrogen-bond acceptors (Lipinski definition) is 4. The molecule has 0 aliphatic rings. The molecule has 28 heavy (non-hydrogen) atoms. The highest BCUT2D eigenvalue weighted by atomic mass is 35.5. The summed E-state index contributed by atoms with van der Waals surface area (Å²) in [6.07, 6.45) is 0.562. The summed E-state index contributed by atoms with van der Waals surface area (Å²) in [6.45, 7) is 4.27. The number of oxazole rings is 1. The summed E-state index contributed by atoms with van der Waals surface area (Å²) < 4.78 is 5.80. The highest BCUT2D eigenvalue weighted by molar-refractivity contribution is 6.30. The molecular formula is C21H19ClN4O2. The average Bonchev–Trinajstić information content (AvgIpc) is 3.23. The Morgan fingerprint density at radius 2 is 1.96 bits per heavy atom. The van der Waals surface area contributed by atoms with Gasteiger partial charge in [-0.3, -0.25) is 9.89 Å². The lowest BCUT2D eigenvalue weighted by Gasteiger charge is -2.05. The first-order valence-electron chi connectivity index (χ1n) is 8.92. The molecule has 2 aromatic carbocycles. The third kappa shape index (κ3) is 3.77. The molecule has 142 valence electrons. The van der Waals surface area contributed by atoms with Crippen molar-refractivity contribution in [3.05, 3.63) is 81.5 Å². The molecule has 6 nitrogen and oxygen atoms in total. The van der Waals surface area contributed by atoms with Crippen LogP contribution < -0.4 is 5.32 Å². The lowest BCUT2D eigenvalue weighted by Crippen LogP contribution is -2.23. The monoisotopic (exact) mass is 394 g/mol. The number of hydrogen-bond donors (Lipinski definition) is 2. The van der Waals surface area contributed by atoms with Crippen molar-refractivity contribution in [3.8, 4) is 0 Å². The van der Waals surface area contributed by atoms with Crippen LogP contribution in [0.2, 0.25) is 5.02 Å². The van der Waals surface area contributed by atoms with Crippen LogP contribution in [0.4, 0.5) is 0 Å². The van der Waals surface area contributed by atoms with Crippen LogP contribution in [0.5, 0.6) is 0 Å². The molecule has 2 N–H and O–H groups in total. The Bertz CT molecular complexity index is 1130. The molecule has 2 aromatic heterocycles. The van der Waals surface area contributed by atoms with E-state index < -0.39 is 0 Å². The summed E-state index contributed by atoms with van der Waals surface area (Å²) >= 11 is 5.92. The van der Waals surface area contributed by atoms with Crippen molar-refractivity contribution in [1.29, 1.82) is 0 Å². The van der Waals surface area contributed by atoms with Gasteiger partial charge in [-0.25, -0.2) is 4.98 Å². The molecule has 0 aliphatic carbocycles. The number of nitrogens with one attached hydrogen (secondary N) is 2. The minimum Gasteiger partial charge on any atom is -0.440 e. The molecule has 0 saturated heterocycles. The normalized spacial score (nSPS) is 11.1. The fourth-order valence-corrected chi connectivity index (χ4v) is 3.20. The number of H-pyrrole nitrogens is 1. The van der Waals surface area contributed by atoms with E-state index in [-0.39, 0.29) is 5.91 Å². The Balaban J connectivity index is 1.49. The van der Waals surface area contributed by atoms with Gasteiger partial charge in [-0.1, -0.05) is 23.7 Å². The molecule has 0 fully saturated rings. The number of carbonyl (C=O) groups is 1. The van der Waals surface area contributed by atoms with E-state index in [0.717, 1.165) is 22.5 Å². The second-order valence-electron chi connectivity index (χ2n) is 6.69. The third-order valence-corrected chi connectivity index (χ3v) is 4.92. The summed E-state index contributed by atoms with van der Waals surface area (Å²) in [5.41, 5.74) is 5.75. The van der Waals surface area contributed by atoms with Gasteiger partial charge >= 0.3 is 0 Å². The predicted octanol–water partition coefficient (Wildman–Crippen LogP) is 4.34. The van der Waals surface area contributed by atoms with Crippen LogP contribution in [0.1, 0.15) is 38.8 Å². The van der Waals surface area contributed by atoms with Crippen molar-refractivity contribution in [2.45, 2.75) is 26.8 Å². The number of amides is 1. The first-order valence-corrected chi connectivity index (χ1v) is 9.30. The largest absolute Gasteiger partial charge is 0.440 e. The maximum absolute atomic E-state index is 12.5. The van der Waals surface area contributed by atoms with Gasteiger partial charge in [0.2, 0.25) is 0 Å². The zero-order chi connectivity index (χ0) is 19.7. The van der Waals surface area contributed by atoms with E-state index in [0.29, 0.717) is 40.5 Å². The van der Waals surface area contributed by atoms with E-state index in [1.807, 2.05) is 38.1 Å². The van der Waals surface area contributed by atoms with Crippen LogP contribution in [-0.4, -0.2) is 21.1 Å². The standard InChI is InChI=1S/C21H19ClN4O2/c1-12-17(13(2)26-25-12)11-23-21(27)15-5-8-19-18(10-15)24-20(28-19)9-14-3-6-16(22)7-4-14/h3-8,10H,9,11H2,1-2H3,(H,23,27)(H,25,26). The quantitative estimate of drug-likeness (QED) is 0.527. The van der Waals surface area contributed by atoms with E-state index in [2.05, 4.69) is 20.5 Å². The van der Waals surface area contributed by atoms with E-state index in [1.54, 1.807) is 18.2 Å². The van der Waals surface area contributed by atoms with Crippen LogP contribution in [0, 0.1) is 13.8 Å². The summed E-state index contributed by atoms with van der Waals surface area (Å²) in [6, 6.07) is 12.8. The van der Waals surface area contributed by atoms with Crippen LogP contribution in [0.15, 0.2) is 46.9 Å². The van der Waals surface area contributed by atoms with Gasteiger partial charge in [-0.15, -0.1) is 0 Å². The van der Waals surface area contributed by atoms with E-state index in [9.17, 15) is 4.79 Å². The van der Waals surface area contributed by atoms with Gasteiger partial charge in [-0.05, 0) is 49.7 Å². The first kappa shape index (κ1) is 18.3. The number of carbonyl (C=O) groups excluding carboxylic acids is 1. The summed E-state index contributed by atoms with van der Waals surface area (Å²) in [5.74, 6) is 0.434. The van der Waals surface area contributed by atoms with Gasteiger partial charge in [-0.2, -0.15) is 5.10 Å². The Kier molecular flexibility index (Phi) is 4.88. The third-order valence-electron chi connectivity index (χ3n) is 4.67. The van der Waals surface area contributed by atoms with Crippen LogP contribution in [-0.2, 0) is 13.0 Å². The van der Waals surface area contributed by atoms with Crippen molar-refractivity contribution >= 4 is 28.6 Å². The van der Waals surface area contributed by atoms with Gasteiger partial charge in [0.25, 0.3) is 5.91 Å². The van der Waals surface area contributed by atoms with Crippen LogP contribution in [0.3, 0.4) is 0 Å². The van der Waals surface area contributed by atoms with Gasteiger partial charge < -0.3 is 9.73 Å². The van der Waals surface area contributed by atoms with Crippen molar-refractivity contribution < 1.29 is 9.21 Å². The minimum atomic E-state index is -0.163. The number of aryl methyl sites for hydroxylation is 2. The molecule has 0 radical (unpaired) electrons. The Morgan fingerprint density at radius 3 is 2.68 bits per heavy atom. The smallest absolute Gasteiger partial charge is 0.251 e. The number of fused-ring (bicyclic) bond motifs is 1. The van der Waals surface area contributed by atoms with Crippen molar-refractivity contribution in [2.24, 2.45) is 0 Å². The maximum atomic E-state index is 12.5. The summed E-state index contributed by atoms with van der Waals surface area (Å²) in [4.78, 5) is 17.0. The SMILES string of the molecule is Cc1n[nH]c(C)c1CNC(=O)c1ccc2oc(Cc3ccc(Cl)cc3)nc2c1. The molecule has 7 heteroatoms. The van der Waals surface area contributed by atoms with Gasteiger partial charge in [0.15, 0.2) is 11.5 Å². The molecular weight excluding hydrogens is 376 g/mol. The lowest BCUT2D eigenvalue weighted by molar-refractivity contribution is 0.0951. The number of benzene rings is 2. The van der Waals surface area contributed by atoms with Crippen molar-refractivity contribution in [3.63, 3.8) is 0 Å².